The van der Waals surface area contributed by atoms with Crippen LogP contribution in [-0.2, 0) is 6.42 Å². The van der Waals surface area contributed by atoms with E-state index in [0.29, 0.717) is 46.6 Å². The summed E-state index contributed by atoms with van der Waals surface area (Å²) >= 11 is 4.84. The third-order valence-corrected chi connectivity index (χ3v) is 7.05. The molecular weight excluding hydrogens is 442 g/mol. The van der Waals surface area contributed by atoms with Crippen LogP contribution in [0.15, 0.2) is 34.8 Å². The van der Waals surface area contributed by atoms with Crippen molar-refractivity contribution in [3.63, 3.8) is 0 Å². The fourth-order valence-corrected chi connectivity index (χ4v) is 5.21. The third-order valence-electron chi connectivity index (χ3n) is 5.32. The van der Waals surface area contributed by atoms with Crippen molar-refractivity contribution in [1.82, 2.24) is 10.3 Å². The van der Waals surface area contributed by atoms with Crippen LogP contribution in [0, 0.1) is 11.8 Å². The second-order valence-corrected chi connectivity index (χ2v) is 9.09. The molecule has 1 heterocycles. The van der Waals surface area contributed by atoms with Crippen molar-refractivity contribution in [1.29, 1.82) is 0 Å². The lowest BCUT2D eigenvalue weighted by atomic mass is 10.0. The van der Waals surface area contributed by atoms with E-state index >= 15 is 0 Å². The number of halogens is 1. The number of amides is 1. The SMILES string of the molecule is COc1ccc(Br)c(C(=O)NCCc2sc(NC3CC4C=CC3C4)nc2O)c1. The van der Waals surface area contributed by atoms with Crippen LogP contribution in [0.2, 0.25) is 0 Å². The number of benzene rings is 1. The maximum Gasteiger partial charge on any atom is 0.252 e. The Bertz CT molecular complexity index is 914. The largest absolute Gasteiger partial charge is 0.497 e. The Morgan fingerprint density at radius 1 is 1.39 bits per heavy atom. The standard InChI is InChI=1S/C20H22BrN3O3S/c1-27-13-4-5-15(21)14(10-13)18(25)22-7-6-17-19(26)24-20(28-17)23-16-9-11-2-3-12(16)8-11/h2-5,10-12,16,26H,6-9H2,1H3,(H,22,25)(H,23,24). The number of carbonyl (C=O) groups excluding carboxylic acids is 1. The number of hydrogen-bond donors (Lipinski definition) is 3. The van der Waals surface area contributed by atoms with Crippen molar-refractivity contribution in [2.75, 3.05) is 19.0 Å². The molecule has 6 nitrogen and oxygen atoms in total. The Kier molecular flexibility index (Phi) is 5.59. The van der Waals surface area contributed by atoms with Crippen molar-refractivity contribution in [2.45, 2.75) is 25.3 Å². The lowest BCUT2D eigenvalue weighted by molar-refractivity contribution is 0.0953. The Hall–Kier alpha value is -2.06. The highest BCUT2D eigenvalue weighted by molar-refractivity contribution is 9.10. The smallest absolute Gasteiger partial charge is 0.252 e. The van der Waals surface area contributed by atoms with Crippen molar-refractivity contribution >= 4 is 38.3 Å². The Morgan fingerprint density at radius 2 is 2.25 bits per heavy atom. The second kappa shape index (κ2) is 8.13. The van der Waals surface area contributed by atoms with E-state index in [-0.39, 0.29) is 11.8 Å². The monoisotopic (exact) mass is 463 g/mol. The highest BCUT2D eigenvalue weighted by Gasteiger charge is 2.36. The Balaban J connectivity index is 1.32. The summed E-state index contributed by atoms with van der Waals surface area (Å²) in [5.74, 6) is 1.73. The number of aromatic hydroxyl groups is 1. The van der Waals surface area contributed by atoms with Gasteiger partial charge < -0.3 is 20.5 Å². The van der Waals surface area contributed by atoms with Gasteiger partial charge in [0.15, 0.2) is 5.13 Å². The second-order valence-electron chi connectivity index (χ2n) is 7.15. The minimum atomic E-state index is -0.193. The molecule has 3 atom stereocenters. The number of allylic oxidation sites excluding steroid dienone is 1. The molecule has 0 saturated heterocycles. The van der Waals surface area contributed by atoms with E-state index in [1.807, 2.05) is 0 Å². The number of nitrogens with zero attached hydrogens (tertiary/aromatic N) is 1. The fraction of sp³-hybridized carbons (Fsp3) is 0.400. The summed E-state index contributed by atoms with van der Waals surface area (Å²) in [6, 6.07) is 5.66. The van der Waals surface area contributed by atoms with E-state index in [1.54, 1.807) is 25.3 Å². The highest BCUT2D eigenvalue weighted by atomic mass is 79.9. The van der Waals surface area contributed by atoms with Crippen LogP contribution in [0.25, 0.3) is 0 Å². The first-order chi connectivity index (χ1) is 13.5. The number of carbonyl (C=O) groups is 1. The summed E-state index contributed by atoms with van der Waals surface area (Å²) in [5, 5.41) is 17.2. The maximum absolute atomic E-state index is 12.4. The van der Waals surface area contributed by atoms with Gasteiger partial charge >= 0.3 is 0 Å². The molecule has 148 valence electrons. The summed E-state index contributed by atoms with van der Waals surface area (Å²) in [4.78, 5) is 17.4. The van der Waals surface area contributed by atoms with Crippen molar-refractivity contribution in [3.8, 4) is 11.6 Å². The zero-order valence-electron chi connectivity index (χ0n) is 15.4. The molecule has 2 bridgehead atoms. The molecule has 2 aliphatic carbocycles. The molecule has 1 saturated carbocycles. The van der Waals surface area contributed by atoms with Gasteiger partial charge in [0, 0.05) is 23.5 Å². The number of anilines is 1. The molecule has 1 amide bonds. The number of hydrogen-bond acceptors (Lipinski definition) is 6. The van der Waals surface area contributed by atoms with Crippen LogP contribution < -0.4 is 15.4 Å². The molecule has 0 aliphatic heterocycles. The van der Waals surface area contributed by atoms with E-state index in [1.165, 1.54) is 17.8 Å². The summed E-state index contributed by atoms with van der Waals surface area (Å²) in [6.45, 7) is 0.411. The van der Waals surface area contributed by atoms with E-state index in [9.17, 15) is 9.90 Å². The van der Waals surface area contributed by atoms with E-state index < -0.39 is 0 Å². The predicted molar refractivity (Wildman–Crippen MR) is 113 cm³/mol. The van der Waals surface area contributed by atoms with Gasteiger partial charge in [0.2, 0.25) is 5.88 Å². The zero-order chi connectivity index (χ0) is 19.7. The van der Waals surface area contributed by atoms with Crippen LogP contribution >= 0.6 is 27.3 Å². The molecule has 0 radical (unpaired) electrons. The molecule has 1 fully saturated rings. The molecule has 2 aromatic rings. The van der Waals surface area contributed by atoms with Gasteiger partial charge in [-0.15, -0.1) is 0 Å². The van der Waals surface area contributed by atoms with Crippen molar-refractivity contribution in [2.24, 2.45) is 11.8 Å². The number of methoxy groups -OCH3 is 1. The first kappa shape index (κ1) is 19.3. The van der Waals surface area contributed by atoms with Gasteiger partial charge in [-0.3, -0.25) is 4.79 Å². The zero-order valence-corrected chi connectivity index (χ0v) is 17.8. The summed E-state index contributed by atoms with van der Waals surface area (Å²) < 4.78 is 5.88. The topological polar surface area (TPSA) is 83.5 Å². The number of ether oxygens (including phenoxy) is 1. The molecule has 28 heavy (non-hydrogen) atoms. The Labute approximate surface area is 176 Å². The molecule has 3 unspecified atom stereocenters. The van der Waals surface area contributed by atoms with Crippen LogP contribution in [0.5, 0.6) is 11.6 Å². The fourth-order valence-electron chi connectivity index (χ4n) is 3.86. The molecule has 3 N–H and O–H groups in total. The summed E-state index contributed by atoms with van der Waals surface area (Å²) in [5.41, 5.74) is 0.513. The minimum Gasteiger partial charge on any atom is -0.497 e. The molecule has 1 aromatic carbocycles. The first-order valence-electron chi connectivity index (χ1n) is 9.28. The van der Waals surface area contributed by atoms with Gasteiger partial charge in [-0.05, 0) is 58.8 Å². The van der Waals surface area contributed by atoms with Crippen LogP contribution in [0.3, 0.4) is 0 Å². The van der Waals surface area contributed by atoms with Gasteiger partial charge in [-0.1, -0.05) is 23.5 Å². The highest BCUT2D eigenvalue weighted by Crippen LogP contribution is 2.41. The average Bonchev–Trinajstić information content (AvgIpc) is 3.38. The lowest BCUT2D eigenvalue weighted by Gasteiger charge is -2.18. The van der Waals surface area contributed by atoms with Crippen molar-refractivity contribution < 1.29 is 14.6 Å². The molecule has 1 aromatic heterocycles. The van der Waals surface area contributed by atoms with E-state index in [2.05, 4.69) is 43.7 Å². The summed E-state index contributed by atoms with van der Waals surface area (Å²) in [6.07, 6.45) is 7.45. The lowest BCUT2D eigenvalue weighted by Crippen LogP contribution is -2.25. The van der Waals surface area contributed by atoms with Crippen LogP contribution in [0.1, 0.15) is 28.1 Å². The summed E-state index contributed by atoms with van der Waals surface area (Å²) in [7, 11) is 1.57. The van der Waals surface area contributed by atoms with Crippen LogP contribution in [-0.4, -0.2) is 35.7 Å². The van der Waals surface area contributed by atoms with Gasteiger partial charge in [0.25, 0.3) is 5.91 Å². The number of thiazole rings is 1. The predicted octanol–water partition coefficient (Wildman–Crippen LogP) is 3.97. The molecular formula is C20H22BrN3O3S. The molecule has 0 spiro atoms. The number of nitrogens with one attached hydrogen (secondary N) is 2. The van der Waals surface area contributed by atoms with Crippen LogP contribution in [0.4, 0.5) is 5.13 Å². The average molecular weight is 464 g/mol. The molecule has 8 heteroatoms. The van der Waals surface area contributed by atoms with E-state index in [4.69, 9.17) is 4.74 Å². The number of aromatic nitrogens is 1. The minimum absolute atomic E-state index is 0.0445. The van der Waals surface area contributed by atoms with Crippen molar-refractivity contribution in [3.05, 3.63) is 45.3 Å². The van der Waals surface area contributed by atoms with Gasteiger partial charge in [-0.25, -0.2) is 0 Å². The number of fused-ring (bicyclic) bond motifs is 2. The first-order valence-corrected chi connectivity index (χ1v) is 10.9. The normalized spacial score (nSPS) is 22.4. The quantitative estimate of drug-likeness (QED) is 0.541. The van der Waals surface area contributed by atoms with Gasteiger partial charge in [0.1, 0.15) is 5.75 Å². The van der Waals surface area contributed by atoms with E-state index in [0.717, 1.165) is 16.4 Å². The number of rotatable bonds is 7. The van der Waals surface area contributed by atoms with Gasteiger partial charge in [0.05, 0.1) is 17.6 Å². The molecule has 4 rings (SSSR count). The maximum atomic E-state index is 12.4. The van der Waals surface area contributed by atoms with Gasteiger partial charge in [-0.2, -0.15) is 4.98 Å². The molecule has 2 aliphatic rings. The Morgan fingerprint density at radius 3 is 2.96 bits per heavy atom. The third kappa shape index (κ3) is 4.03.